The summed E-state index contributed by atoms with van der Waals surface area (Å²) in [5, 5.41) is 15.4. The third-order valence-corrected chi connectivity index (χ3v) is 4.75. The summed E-state index contributed by atoms with van der Waals surface area (Å²) < 4.78 is 5.52. The van der Waals surface area contributed by atoms with E-state index in [9.17, 15) is 0 Å². The Labute approximate surface area is 134 Å². The van der Waals surface area contributed by atoms with Gasteiger partial charge < -0.3 is 20.5 Å². The molecule has 6 heteroatoms. The molecular weight excluding hydrogens is 280 g/mol. The van der Waals surface area contributed by atoms with E-state index in [1.165, 1.54) is 32.1 Å². The quantitative estimate of drug-likeness (QED) is 0.494. The van der Waals surface area contributed by atoms with E-state index < -0.39 is 0 Å². The molecule has 0 aromatic heterocycles. The Balaban J connectivity index is 2.03. The molecule has 2 rings (SSSR count). The molecule has 0 aromatic rings. The molecule has 128 valence electrons. The lowest BCUT2D eigenvalue weighted by molar-refractivity contribution is -0.0333. The van der Waals surface area contributed by atoms with Crippen LogP contribution in [0.1, 0.15) is 39.0 Å². The molecule has 0 aromatic carbocycles. The molecule has 1 aliphatic heterocycles. The van der Waals surface area contributed by atoms with E-state index in [0.29, 0.717) is 6.54 Å². The third kappa shape index (κ3) is 4.83. The highest BCUT2D eigenvalue weighted by Crippen LogP contribution is 2.34. The zero-order valence-corrected chi connectivity index (χ0v) is 13.9. The van der Waals surface area contributed by atoms with Gasteiger partial charge in [-0.1, -0.05) is 19.3 Å². The van der Waals surface area contributed by atoms with Crippen LogP contribution in [0.2, 0.25) is 0 Å². The number of nitrogens with zero attached hydrogens (tertiary/aromatic N) is 2. The maximum atomic E-state index is 8.99. The zero-order chi connectivity index (χ0) is 15.7. The van der Waals surface area contributed by atoms with Gasteiger partial charge in [-0.15, -0.1) is 0 Å². The minimum Gasteiger partial charge on any atom is -0.395 e. The summed E-state index contributed by atoms with van der Waals surface area (Å²) in [6.07, 6.45) is 6.41. The van der Waals surface area contributed by atoms with Gasteiger partial charge in [-0.05, 0) is 19.8 Å². The van der Waals surface area contributed by atoms with E-state index in [2.05, 4.69) is 22.5 Å². The summed E-state index contributed by atoms with van der Waals surface area (Å²) in [5.41, 5.74) is 0.198. The normalized spacial score (nSPS) is 23.3. The fourth-order valence-electron chi connectivity index (χ4n) is 3.56. The number of aliphatic hydroxyl groups excluding tert-OH is 1. The highest BCUT2D eigenvalue weighted by Gasteiger charge is 2.38. The standard InChI is InChI=1S/C16H32N4O2/c1-2-17-15(18-8-11-21)19-14-16(6-4-3-5-7-16)20-9-12-22-13-10-20/h21H,2-14H2,1H3,(H2,17,18,19). The van der Waals surface area contributed by atoms with Crippen molar-refractivity contribution in [1.82, 2.24) is 15.5 Å². The van der Waals surface area contributed by atoms with Crippen molar-refractivity contribution in [2.75, 3.05) is 52.5 Å². The second kappa shape index (κ2) is 9.33. The van der Waals surface area contributed by atoms with Crippen molar-refractivity contribution in [2.45, 2.75) is 44.6 Å². The Morgan fingerprint density at radius 1 is 1.18 bits per heavy atom. The van der Waals surface area contributed by atoms with E-state index in [1.54, 1.807) is 0 Å². The molecule has 0 atom stereocenters. The number of morpholine rings is 1. The van der Waals surface area contributed by atoms with Gasteiger partial charge in [0.15, 0.2) is 5.96 Å². The molecule has 1 saturated heterocycles. The summed E-state index contributed by atoms with van der Waals surface area (Å²) in [7, 11) is 0. The van der Waals surface area contributed by atoms with Gasteiger partial charge >= 0.3 is 0 Å². The Kier molecular flexibility index (Phi) is 7.42. The van der Waals surface area contributed by atoms with Crippen LogP contribution < -0.4 is 10.6 Å². The third-order valence-electron chi connectivity index (χ3n) is 4.75. The number of ether oxygens (including phenoxy) is 1. The predicted molar refractivity (Wildman–Crippen MR) is 89.3 cm³/mol. The number of aliphatic imine (C=N–C) groups is 1. The number of rotatable bonds is 6. The molecule has 22 heavy (non-hydrogen) atoms. The molecule has 2 fully saturated rings. The molecule has 0 unspecified atom stereocenters. The highest BCUT2D eigenvalue weighted by molar-refractivity contribution is 5.79. The average molecular weight is 312 g/mol. The van der Waals surface area contributed by atoms with Crippen molar-refractivity contribution in [1.29, 1.82) is 0 Å². The summed E-state index contributed by atoms with van der Waals surface area (Å²) >= 11 is 0. The van der Waals surface area contributed by atoms with Crippen LogP contribution in [-0.2, 0) is 4.74 Å². The first-order chi connectivity index (χ1) is 10.8. The van der Waals surface area contributed by atoms with E-state index in [0.717, 1.165) is 45.4 Å². The van der Waals surface area contributed by atoms with Gasteiger partial charge in [0.2, 0.25) is 0 Å². The van der Waals surface area contributed by atoms with Crippen molar-refractivity contribution < 1.29 is 9.84 Å². The molecule has 0 amide bonds. The second-order valence-electron chi connectivity index (χ2n) is 6.23. The van der Waals surface area contributed by atoms with Gasteiger partial charge in [0.1, 0.15) is 0 Å². The molecule has 3 N–H and O–H groups in total. The molecule has 2 aliphatic rings. The van der Waals surface area contributed by atoms with Gasteiger partial charge in [-0.2, -0.15) is 0 Å². The highest BCUT2D eigenvalue weighted by atomic mass is 16.5. The monoisotopic (exact) mass is 312 g/mol. The van der Waals surface area contributed by atoms with Crippen LogP contribution in [0.15, 0.2) is 4.99 Å². The summed E-state index contributed by atoms with van der Waals surface area (Å²) in [6.45, 7) is 8.12. The van der Waals surface area contributed by atoms with Gasteiger partial charge in [0.05, 0.1) is 26.4 Å². The fraction of sp³-hybridized carbons (Fsp3) is 0.938. The van der Waals surface area contributed by atoms with E-state index >= 15 is 0 Å². The number of aliphatic hydroxyl groups is 1. The lowest BCUT2D eigenvalue weighted by Gasteiger charge is -2.47. The van der Waals surface area contributed by atoms with Gasteiger partial charge in [0, 0.05) is 31.7 Å². The Morgan fingerprint density at radius 3 is 2.55 bits per heavy atom. The molecule has 6 nitrogen and oxygen atoms in total. The summed E-state index contributed by atoms with van der Waals surface area (Å²) in [5.74, 6) is 0.815. The van der Waals surface area contributed by atoms with Gasteiger partial charge in [0.25, 0.3) is 0 Å². The second-order valence-corrected chi connectivity index (χ2v) is 6.23. The molecular formula is C16H32N4O2. The number of hydrogen-bond acceptors (Lipinski definition) is 4. The first kappa shape index (κ1) is 17.5. The predicted octanol–water partition coefficient (Wildman–Crippen LogP) is 0.569. The molecule has 1 aliphatic carbocycles. The Hall–Kier alpha value is -0.850. The Morgan fingerprint density at radius 2 is 1.91 bits per heavy atom. The van der Waals surface area contributed by atoms with Gasteiger partial charge in [-0.3, -0.25) is 9.89 Å². The first-order valence-corrected chi connectivity index (χ1v) is 8.76. The zero-order valence-electron chi connectivity index (χ0n) is 13.9. The number of hydrogen-bond donors (Lipinski definition) is 3. The van der Waals surface area contributed by atoms with Crippen molar-refractivity contribution >= 4 is 5.96 Å². The summed E-state index contributed by atoms with van der Waals surface area (Å²) in [6, 6.07) is 0. The van der Waals surface area contributed by atoms with E-state index in [4.69, 9.17) is 14.8 Å². The fourth-order valence-corrected chi connectivity index (χ4v) is 3.56. The first-order valence-electron chi connectivity index (χ1n) is 8.76. The minimum absolute atomic E-state index is 0.124. The van der Waals surface area contributed by atoms with Crippen LogP contribution in [0.4, 0.5) is 0 Å². The van der Waals surface area contributed by atoms with E-state index in [1.807, 2.05) is 0 Å². The average Bonchev–Trinajstić information content (AvgIpc) is 2.59. The van der Waals surface area contributed by atoms with Crippen LogP contribution in [0.5, 0.6) is 0 Å². The SMILES string of the molecule is CCNC(=NCC1(N2CCOCC2)CCCCC1)NCCO. The smallest absolute Gasteiger partial charge is 0.191 e. The maximum Gasteiger partial charge on any atom is 0.191 e. The molecule has 1 saturated carbocycles. The minimum atomic E-state index is 0.124. The summed E-state index contributed by atoms with van der Waals surface area (Å²) in [4.78, 5) is 7.43. The van der Waals surface area contributed by atoms with Crippen molar-refractivity contribution in [3.8, 4) is 0 Å². The van der Waals surface area contributed by atoms with Crippen LogP contribution in [-0.4, -0.2) is 74.0 Å². The molecule has 0 radical (unpaired) electrons. The van der Waals surface area contributed by atoms with Crippen LogP contribution in [0.3, 0.4) is 0 Å². The van der Waals surface area contributed by atoms with Crippen molar-refractivity contribution in [2.24, 2.45) is 4.99 Å². The number of guanidine groups is 1. The lowest BCUT2D eigenvalue weighted by Crippen LogP contribution is -2.56. The topological polar surface area (TPSA) is 69.1 Å². The Bertz CT molecular complexity index is 337. The van der Waals surface area contributed by atoms with E-state index in [-0.39, 0.29) is 12.1 Å². The van der Waals surface area contributed by atoms with Crippen molar-refractivity contribution in [3.63, 3.8) is 0 Å². The lowest BCUT2D eigenvalue weighted by atomic mass is 9.80. The van der Waals surface area contributed by atoms with Crippen molar-refractivity contribution in [3.05, 3.63) is 0 Å². The largest absolute Gasteiger partial charge is 0.395 e. The molecule has 0 bridgehead atoms. The maximum absolute atomic E-state index is 8.99. The van der Waals surface area contributed by atoms with Crippen LogP contribution >= 0.6 is 0 Å². The number of nitrogens with one attached hydrogen (secondary N) is 2. The molecule has 1 heterocycles. The van der Waals surface area contributed by atoms with Gasteiger partial charge in [-0.25, -0.2) is 0 Å². The molecule has 0 spiro atoms. The van der Waals surface area contributed by atoms with Crippen LogP contribution in [0, 0.1) is 0 Å². The van der Waals surface area contributed by atoms with Crippen LogP contribution in [0.25, 0.3) is 0 Å².